The van der Waals surface area contributed by atoms with E-state index in [1.807, 2.05) is 47.4 Å². The highest BCUT2D eigenvalue weighted by Gasteiger charge is 2.30. The smallest absolute Gasteiger partial charge is 0.237 e. The Morgan fingerprint density at radius 1 is 1.21 bits per heavy atom. The average Bonchev–Trinajstić information content (AvgIpc) is 3.25. The Morgan fingerprint density at radius 3 is 2.71 bits per heavy atom. The van der Waals surface area contributed by atoms with Crippen molar-refractivity contribution < 1.29 is 9.53 Å². The topological polar surface area (TPSA) is 86.3 Å². The van der Waals surface area contributed by atoms with Crippen molar-refractivity contribution in [3.8, 4) is 17.1 Å². The van der Waals surface area contributed by atoms with E-state index in [-0.39, 0.29) is 17.7 Å². The second-order valence-corrected chi connectivity index (χ2v) is 7.58. The fraction of sp³-hybridized carbons (Fsp3) is 0.250. The molecule has 1 amide bonds. The van der Waals surface area contributed by atoms with Gasteiger partial charge in [-0.15, -0.1) is 10.2 Å². The number of benzene rings is 2. The van der Waals surface area contributed by atoms with E-state index in [1.165, 1.54) is 22.0 Å². The number of carbonyl (C=O) groups is 1. The fourth-order valence-corrected chi connectivity index (χ4v) is 4.17. The number of rotatable bonds is 5. The van der Waals surface area contributed by atoms with E-state index in [0.717, 1.165) is 23.4 Å². The van der Waals surface area contributed by atoms with Crippen LogP contribution in [0.2, 0.25) is 0 Å². The number of amides is 1. The summed E-state index contributed by atoms with van der Waals surface area (Å²) in [6.07, 6.45) is 0.876. The first-order valence-corrected chi connectivity index (χ1v) is 9.94. The van der Waals surface area contributed by atoms with Gasteiger partial charge in [0.15, 0.2) is 5.82 Å². The molecule has 4 rings (SSSR count). The zero-order valence-electron chi connectivity index (χ0n) is 15.7. The lowest BCUT2D eigenvalue weighted by molar-refractivity contribution is -0.116. The van der Waals surface area contributed by atoms with Gasteiger partial charge in [0.05, 0.1) is 12.9 Å². The number of nitrogens with two attached hydrogens (primary N) is 1. The minimum absolute atomic E-state index is 0.0384. The molecule has 0 spiro atoms. The van der Waals surface area contributed by atoms with Crippen molar-refractivity contribution in [2.24, 2.45) is 0 Å². The molecule has 28 heavy (non-hydrogen) atoms. The zero-order valence-corrected chi connectivity index (χ0v) is 16.5. The van der Waals surface area contributed by atoms with Crippen molar-refractivity contribution in [2.75, 3.05) is 23.6 Å². The fourth-order valence-electron chi connectivity index (χ4n) is 3.45. The van der Waals surface area contributed by atoms with Crippen LogP contribution in [-0.4, -0.2) is 39.7 Å². The molecule has 0 bridgehead atoms. The zero-order chi connectivity index (χ0) is 19.7. The number of methoxy groups -OCH3 is 1. The van der Waals surface area contributed by atoms with Gasteiger partial charge in [0, 0.05) is 17.3 Å². The predicted molar refractivity (Wildman–Crippen MR) is 110 cm³/mol. The van der Waals surface area contributed by atoms with Crippen molar-refractivity contribution in [3.05, 3.63) is 54.1 Å². The molecule has 0 saturated carbocycles. The van der Waals surface area contributed by atoms with Crippen molar-refractivity contribution in [2.45, 2.75) is 24.5 Å². The Labute approximate surface area is 167 Å². The third-order valence-electron chi connectivity index (χ3n) is 4.81. The summed E-state index contributed by atoms with van der Waals surface area (Å²) in [6.45, 7) is 2.07. The summed E-state index contributed by atoms with van der Waals surface area (Å²) in [4.78, 5) is 14.7. The molecule has 1 aliphatic heterocycles. The van der Waals surface area contributed by atoms with E-state index >= 15 is 0 Å². The highest BCUT2D eigenvalue weighted by Crippen LogP contribution is 2.33. The SMILES string of the molecule is COc1ccc(-c2nnc(SCC(=O)N3c4ccccc4CC3C)n2N)cc1. The van der Waals surface area contributed by atoms with Crippen molar-refractivity contribution >= 4 is 23.4 Å². The van der Waals surface area contributed by atoms with Gasteiger partial charge in [0.25, 0.3) is 0 Å². The van der Waals surface area contributed by atoms with Crippen LogP contribution in [0.1, 0.15) is 12.5 Å². The highest BCUT2D eigenvalue weighted by molar-refractivity contribution is 7.99. The van der Waals surface area contributed by atoms with E-state index in [0.29, 0.717) is 11.0 Å². The van der Waals surface area contributed by atoms with Crippen LogP contribution in [0.15, 0.2) is 53.7 Å². The van der Waals surface area contributed by atoms with Gasteiger partial charge in [-0.05, 0) is 49.2 Å². The number of nitrogen functional groups attached to an aromatic ring is 1. The lowest BCUT2D eigenvalue weighted by Crippen LogP contribution is -2.37. The van der Waals surface area contributed by atoms with Gasteiger partial charge in [-0.3, -0.25) is 4.79 Å². The molecular weight excluding hydrogens is 374 g/mol. The normalized spacial score (nSPS) is 15.5. The lowest BCUT2D eigenvalue weighted by Gasteiger charge is -2.22. The lowest BCUT2D eigenvalue weighted by atomic mass is 10.1. The van der Waals surface area contributed by atoms with Crippen LogP contribution in [0, 0.1) is 0 Å². The largest absolute Gasteiger partial charge is 0.497 e. The number of thioether (sulfide) groups is 1. The second-order valence-electron chi connectivity index (χ2n) is 6.64. The van der Waals surface area contributed by atoms with E-state index in [9.17, 15) is 4.79 Å². The minimum atomic E-state index is 0.0384. The van der Waals surface area contributed by atoms with E-state index in [1.54, 1.807) is 7.11 Å². The molecule has 1 atom stereocenters. The molecular formula is C20H21N5O2S. The maximum absolute atomic E-state index is 12.8. The number of hydrogen-bond donors (Lipinski definition) is 1. The van der Waals surface area contributed by atoms with Gasteiger partial charge in [-0.2, -0.15) is 0 Å². The Bertz CT molecular complexity index is 1000. The molecule has 0 saturated heterocycles. The maximum atomic E-state index is 12.8. The van der Waals surface area contributed by atoms with Gasteiger partial charge < -0.3 is 15.5 Å². The summed E-state index contributed by atoms with van der Waals surface area (Å²) in [5, 5.41) is 8.81. The maximum Gasteiger partial charge on any atom is 0.237 e. The Hall–Kier alpha value is -3.00. The van der Waals surface area contributed by atoms with Gasteiger partial charge in [0.2, 0.25) is 11.1 Å². The van der Waals surface area contributed by atoms with Crippen LogP contribution in [-0.2, 0) is 11.2 Å². The first-order valence-electron chi connectivity index (χ1n) is 8.96. The van der Waals surface area contributed by atoms with Gasteiger partial charge in [-0.1, -0.05) is 30.0 Å². The summed E-state index contributed by atoms with van der Waals surface area (Å²) in [5.41, 5.74) is 3.03. The van der Waals surface area contributed by atoms with Gasteiger partial charge >= 0.3 is 0 Å². The van der Waals surface area contributed by atoms with E-state index < -0.39 is 0 Å². The summed E-state index contributed by atoms with van der Waals surface area (Å²) >= 11 is 1.29. The van der Waals surface area contributed by atoms with Crippen LogP contribution in [0.5, 0.6) is 5.75 Å². The van der Waals surface area contributed by atoms with Crippen molar-refractivity contribution in [1.29, 1.82) is 0 Å². The van der Waals surface area contributed by atoms with Crippen molar-refractivity contribution in [3.63, 3.8) is 0 Å². The number of hydrogen-bond acceptors (Lipinski definition) is 6. The van der Waals surface area contributed by atoms with E-state index in [4.69, 9.17) is 10.6 Å². The molecule has 0 aliphatic carbocycles. The van der Waals surface area contributed by atoms with Gasteiger partial charge in [-0.25, -0.2) is 4.68 Å². The quantitative estimate of drug-likeness (QED) is 0.528. The molecule has 2 aromatic carbocycles. The third-order valence-corrected chi connectivity index (χ3v) is 5.74. The monoisotopic (exact) mass is 395 g/mol. The molecule has 1 unspecified atom stereocenters. The van der Waals surface area contributed by atoms with Gasteiger partial charge in [0.1, 0.15) is 5.75 Å². The van der Waals surface area contributed by atoms with E-state index in [2.05, 4.69) is 23.2 Å². The molecule has 2 heterocycles. The first-order chi connectivity index (χ1) is 13.6. The minimum Gasteiger partial charge on any atom is -0.497 e. The Kier molecular flexibility index (Phi) is 4.95. The number of carbonyl (C=O) groups excluding carboxylic acids is 1. The molecule has 0 radical (unpaired) electrons. The van der Waals surface area contributed by atoms with Crippen LogP contribution in [0.25, 0.3) is 11.4 Å². The molecule has 0 fully saturated rings. The highest BCUT2D eigenvalue weighted by atomic mass is 32.2. The standard InChI is InChI=1S/C20H21N5O2S/c1-13-11-15-5-3-4-6-17(15)24(13)18(26)12-28-20-23-22-19(25(20)21)14-7-9-16(27-2)10-8-14/h3-10,13H,11-12,21H2,1-2H3. The number of anilines is 1. The number of fused-ring (bicyclic) bond motifs is 1. The van der Waals surface area contributed by atoms with Crippen LogP contribution < -0.4 is 15.5 Å². The molecule has 3 aromatic rings. The summed E-state index contributed by atoms with van der Waals surface area (Å²) < 4.78 is 6.59. The third kappa shape index (κ3) is 3.31. The van der Waals surface area contributed by atoms with Crippen molar-refractivity contribution in [1.82, 2.24) is 14.9 Å². The molecule has 1 aliphatic rings. The number of ether oxygens (including phenoxy) is 1. The Balaban J connectivity index is 1.47. The molecule has 7 nitrogen and oxygen atoms in total. The summed E-state index contributed by atoms with van der Waals surface area (Å²) in [7, 11) is 1.62. The van der Waals surface area contributed by atoms with Crippen LogP contribution in [0.4, 0.5) is 5.69 Å². The molecule has 144 valence electrons. The second kappa shape index (κ2) is 7.55. The predicted octanol–water partition coefficient (Wildman–Crippen LogP) is 2.74. The summed E-state index contributed by atoms with van der Waals surface area (Å²) in [6, 6.07) is 15.6. The Morgan fingerprint density at radius 2 is 1.96 bits per heavy atom. The first kappa shape index (κ1) is 18.4. The van der Waals surface area contributed by atoms with Crippen LogP contribution >= 0.6 is 11.8 Å². The summed E-state index contributed by atoms with van der Waals surface area (Å²) in [5.74, 6) is 7.75. The number of nitrogens with zero attached hydrogens (tertiary/aromatic N) is 4. The molecule has 2 N–H and O–H groups in total. The molecule has 1 aromatic heterocycles. The number of para-hydroxylation sites is 1. The average molecular weight is 395 g/mol. The van der Waals surface area contributed by atoms with Crippen LogP contribution in [0.3, 0.4) is 0 Å². The number of aromatic nitrogens is 3. The molecule has 8 heteroatoms.